The lowest BCUT2D eigenvalue weighted by atomic mass is 9.93. The Bertz CT molecular complexity index is 10600. The minimum absolute atomic E-state index is 0.962. The molecule has 0 atom stereocenters. The standard InChI is InChI=1S/C40H24BrN.C35H21BrN2.2C32H20BrN/c41-27-21-17-25(18-22-27)26-19-23-28(24-20-26)42-39-35-15-7-3-11-31(35)29-9-1-5-13-33(29)37(39)38-34-14-6-2-10-30(34)32-12-4-8-16-36(32)40(38)42;36-24-16-19-31(37-21-24)23-13-17-25(18-14-23)38-32-20-15-22-7-1-2-8-26(22)33(32)34-29-11-5-3-9-27(29)28-10-4-6-12-30(28)35(34)38;33-25-16-12-21(13-17-25)24-8-5-9-26(20-24)34-30-19-15-22-6-1-3-10-27(22)31(30)29-18-14-23-7-2-4-11-28(23)32(29)34;33-25-15-9-21(10-16-25)22-11-17-26(18-12-22)34-29-19-13-23-5-1-3-7-27(23)31(29)32-28-8-4-2-6-24(28)14-20-30(32)34/h1-24H;1-21H;2*1-20H. The average molecular weight is 2140 g/mol. The molecule has 0 N–H and O–H groups in total. The number of nitrogens with zero attached hydrogens (tertiary/aromatic N) is 5. The molecule has 0 unspecified atom stereocenters. The largest absolute Gasteiger partial charge is 0.309 e. The van der Waals surface area contributed by atoms with Gasteiger partial charge >= 0.3 is 0 Å². The van der Waals surface area contributed by atoms with Crippen molar-refractivity contribution in [3.63, 3.8) is 0 Å². The zero-order chi connectivity index (χ0) is 98.3. The zero-order valence-electron chi connectivity index (χ0n) is 79.8. The maximum Gasteiger partial charge on any atom is 0.0702 e. The first kappa shape index (κ1) is 88.5. The van der Waals surface area contributed by atoms with Crippen molar-refractivity contribution < 1.29 is 0 Å². The van der Waals surface area contributed by atoms with E-state index < -0.39 is 0 Å². The Balaban J connectivity index is 0.0000000955. The quantitative estimate of drug-likeness (QED) is 0.140. The van der Waals surface area contributed by atoms with Gasteiger partial charge in [-0.05, 0) is 268 Å². The van der Waals surface area contributed by atoms with Crippen LogP contribution < -0.4 is 0 Å². The Morgan fingerprint density at radius 2 is 0.412 bits per heavy atom. The molecule has 0 saturated heterocycles. The van der Waals surface area contributed by atoms with Crippen LogP contribution in [0.25, 0.3) is 273 Å². The number of fused-ring (bicyclic) bond motifs is 37. The average Bonchev–Trinajstić information content (AvgIpc) is 1.52. The topological polar surface area (TPSA) is 32.6 Å². The second-order valence-corrected chi connectivity index (χ2v) is 41.9. The van der Waals surface area contributed by atoms with Gasteiger partial charge in [-0.3, -0.25) is 4.98 Å². The van der Waals surface area contributed by atoms with Crippen LogP contribution in [0.1, 0.15) is 0 Å². The van der Waals surface area contributed by atoms with Crippen LogP contribution in [0.5, 0.6) is 0 Å². The van der Waals surface area contributed by atoms with Gasteiger partial charge in [0.25, 0.3) is 0 Å². The third kappa shape index (κ3) is 14.8. The van der Waals surface area contributed by atoms with Gasteiger partial charge in [0, 0.05) is 117 Å². The highest BCUT2D eigenvalue weighted by atomic mass is 79.9. The SMILES string of the molecule is Brc1ccc(-c2ccc(-n3c4c5ccccc5c5ccccc5c4c4c5ccccc5c5ccccc5c43)cc2)cc1.Brc1ccc(-c2ccc(-n3c4ccc5ccccc5c4c4c5ccccc5c5ccccc5c43)cc2)nc1.Brc1ccc(-c2ccc(-n3c4ccc5ccccc5c4c4c5ccccc5ccc43)cc2)cc1.Brc1ccc(-c2cccc(-n3c4ccc5ccccc5c4c4ccc5ccccc5c43)c2)cc1. The van der Waals surface area contributed by atoms with Gasteiger partial charge in [0.1, 0.15) is 0 Å². The van der Waals surface area contributed by atoms with Crippen LogP contribution in [-0.2, 0) is 0 Å². The number of aromatic nitrogens is 5. The fourth-order valence-corrected chi connectivity index (χ4v) is 24.6. The molecule has 31 aromatic rings. The van der Waals surface area contributed by atoms with E-state index in [4.69, 9.17) is 0 Å². The fourth-order valence-electron chi connectivity index (χ4n) is 23.6. The third-order valence-corrected chi connectivity index (χ3v) is 32.2. The van der Waals surface area contributed by atoms with E-state index in [1.54, 1.807) is 0 Å². The first-order valence-corrected chi connectivity index (χ1v) is 53.2. The third-order valence-electron chi connectivity index (χ3n) is 30.2. The number of pyridine rings is 1. The molecule has 0 radical (unpaired) electrons. The van der Waals surface area contributed by atoms with E-state index in [0.29, 0.717) is 0 Å². The van der Waals surface area contributed by atoms with E-state index in [1.165, 1.54) is 250 Å². The van der Waals surface area contributed by atoms with Gasteiger partial charge in [-0.1, -0.05) is 436 Å². The van der Waals surface area contributed by atoms with Gasteiger partial charge in [-0.2, -0.15) is 0 Å². The summed E-state index contributed by atoms with van der Waals surface area (Å²) in [5.74, 6) is 0. The van der Waals surface area contributed by atoms with Crippen LogP contribution in [0.2, 0.25) is 0 Å². The van der Waals surface area contributed by atoms with E-state index >= 15 is 0 Å². The molecule has 9 heteroatoms. The highest BCUT2D eigenvalue weighted by Gasteiger charge is 2.27. The van der Waals surface area contributed by atoms with Crippen molar-refractivity contribution in [2.45, 2.75) is 0 Å². The van der Waals surface area contributed by atoms with Crippen molar-refractivity contribution >= 4 is 269 Å². The number of rotatable bonds is 8. The van der Waals surface area contributed by atoms with Crippen molar-refractivity contribution in [1.82, 2.24) is 23.3 Å². The molecule has 5 heterocycles. The highest BCUT2D eigenvalue weighted by Crippen LogP contribution is 2.52. The first-order valence-electron chi connectivity index (χ1n) is 50.0. The van der Waals surface area contributed by atoms with Crippen molar-refractivity contribution in [3.05, 3.63) is 534 Å². The Labute approximate surface area is 885 Å². The molecule has 694 valence electrons. The summed E-state index contributed by atoms with van der Waals surface area (Å²) in [5, 5.41) is 38.7. The predicted octanol–water partition coefficient (Wildman–Crippen LogP) is 40.9. The van der Waals surface area contributed by atoms with Crippen molar-refractivity contribution in [1.29, 1.82) is 0 Å². The van der Waals surface area contributed by atoms with Gasteiger partial charge in [0.2, 0.25) is 0 Å². The van der Waals surface area contributed by atoms with Crippen LogP contribution in [0.4, 0.5) is 0 Å². The Hall–Kier alpha value is -17.2. The number of hydrogen-bond donors (Lipinski definition) is 0. The van der Waals surface area contributed by atoms with Gasteiger partial charge in [0.05, 0.1) is 49.8 Å². The molecule has 148 heavy (non-hydrogen) atoms. The first-order chi connectivity index (χ1) is 73.1. The van der Waals surface area contributed by atoms with Gasteiger partial charge in [-0.25, -0.2) is 0 Å². The second-order valence-electron chi connectivity index (χ2n) is 38.3. The fraction of sp³-hybridized carbons (Fsp3) is 0. The monoisotopic (exact) mass is 2140 g/mol. The molecule has 0 fully saturated rings. The molecule has 0 aliphatic rings. The van der Waals surface area contributed by atoms with Gasteiger partial charge in [-0.15, -0.1) is 0 Å². The molecule has 5 aromatic heterocycles. The molecule has 0 aliphatic carbocycles. The minimum atomic E-state index is 0.962. The lowest BCUT2D eigenvalue weighted by Crippen LogP contribution is -1.96. The molecule has 31 rings (SSSR count). The molecule has 0 aliphatic heterocycles. The van der Waals surface area contributed by atoms with Crippen LogP contribution >= 0.6 is 63.7 Å². The summed E-state index contributed by atoms with van der Waals surface area (Å²) in [6.45, 7) is 0. The van der Waals surface area contributed by atoms with Crippen molar-refractivity contribution in [2.24, 2.45) is 0 Å². The summed E-state index contributed by atoms with van der Waals surface area (Å²) < 4.78 is 14.1. The molecule has 0 spiro atoms. The van der Waals surface area contributed by atoms with Crippen molar-refractivity contribution in [2.75, 3.05) is 0 Å². The van der Waals surface area contributed by atoms with E-state index in [2.05, 4.69) is 584 Å². The predicted molar refractivity (Wildman–Crippen MR) is 646 cm³/mol. The van der Waals surface area contributed by atoms with E-state index in [-0.39, 0.29) is 0 Å². The summed E-state index contributed by atoms with van der Waals surface area (Å²) in [6, 6.07) is 185. The Morgan fingerprint density at radius 3 is 0.811 bits per heavy atom. The summed E-state index contributed by atoms with van der Waals surface area (Å²) in [4.78, 5) is 4.60. The molecule has 26 aromatic carbocycles. The van der Waals surface area contributed by atoms with Crippen LogP contribution in [-0.4, -0.2) is 23.3 Å². The summed E-state index contributed by atoms with van der Waals surface area (Å²) in [7, 11) is 0. The maximum atomic E-state index is 4.60. The molecular formula is C139H85Br4N5. The zero-order valence-corrected chi connectivity index (χ0v) is 86.2. The molecular weight excluding hydrogens is 2060 g/mol. The summed E-state index contributed by atoms with van der Waals surface area (Å²) >= 11 is 14.2. The molecule has 0 amide bonds. The Kier molecular flexibility index (Phi) is 21.9. The van der Waals surface area contributed by atoms with E-state index in [0.717, 1.165) is 40.5 Å². The van der Waals surface area contributed by atoms with Crippen molar-refractivity contribution in [3.8, 4) is 67.4 Å². The van der Waals surface area contributed by atoms with E-state index in [1.807, 2.05) is 18.3 Å². The van der Waals surface area contributed by atoms with Crippen LogP contribution in [0.3, 0.4) is 0 Å². The summed E-state index contributed by atoms with van der Waals surface area (Å²) in [5.41, 5.74) is 23.9. The lowest BCUT2D eigenvalue weighted by Gasteiger charge is -2.14. The minimum Gasteiger partial charge on any atom is -0.309 e. The summed E-state index contributed by atoms with van der Waals surface area (Å²) in [6.07, 6.45) is 1.85. The molecule has 5 nitrogen and oxygen atoms in total. The Morgan fingerprint density at radius 1 is 0.142 bits per heavy atom. The normalized spacial score (nSPS) is 11.8. The second kappa shape index (κ2) is 36.6. The van der Waals surface area contributed by atoms with Crippen LogP contribution in [0.15, 0.2) is 534 Å². The highest BCUT2D eigenvalue weighted by molar-refractivity contribution is 9.11. The lowest BCUT2D eigenvalue weighted by molar-refractivity contribution is 1.18. The number of halogens is 4. The maximum absolute atomic E-state index is 4.60. The van der Waals surface area contributed by atoms with Crippen LogP contribution in [0, 0.1) is 0 Å². The molecule has 0 saturated carbocycles. The van der Waals surface area contributed by atoms with Gasteiger partial charge < -0.3 is 18.3 Å². The number of hydrogen-bond acceptors (Lipinski definition) is 1. The smallest absolute Gasteiger partial charge is 0.0702 e. The molecule has 0 bridgehead atoms. The number of benzene rings is 26. The van der Waals surface area contributed by atoms with Gasteiger partial charge in [0.15, 0.2) is 0 Å². The van der Waals surface area contributed by atoms with E-state index in [9.17, 15) is 0 Å².